The fraction of sp³-hybridized carbons (Fsp3) is 0.364. The zero-order valence-corrected chi connectivity index (χ0v) is 10.3. The second kappa shape index (κ2) is 5.22. The summed E-state index contributed by atoms with van der Waals surface area (Å²) < 4.78 is 0. The second-order valence-electron chi connectivity index (χ2n) is 3.88. The number of nitro groups is 1. The van der Waals surface area contributed by atoms with Crippen molar-refractivity contribution in [1.82, 2.24) is 4.90 Å². The maximum atomic E-state index is 12.0. The average Bonchev–Trinajstić information content (AvgIpc) is 2.72. The molecule has 6 nitrogen and oxygen atoms in total. The SMILES string of the molecule is O=C1N(CCCl)CCN1c1ccc([N+](=O)[O-])cc1. The molecule has 0 saturated carbocycles. The number of amides is 2. The van der Waals surface area contributed by atoms with Crippen LogP contribution in [0.4, 0.5) is 16.2 Å². The van der Waals surface area contributed by atoms with Crippen LogP contribution >= 0.6 is 11.6 Å². The number of anilines is 1. The summed E-state index contributed by atoms with van der Waals surface area (Å²) in [6, 6.07) is 5.85. The molecule has 2 amide bonds. The molecule has 96 valence electrons. The van der Waals surface area contributed by atoms with E-state index in [4.69, 9.17) is 11.6 Å². The summed E-state index contributed by atoms with van der Waals surface area (Å²) in [5.41, 5.74) is 0.686. The standard InChI is InChI=1S/C11H12ClN3O3/c12-5-6-13-7-8-14(11(13)16)9-1-3-10(4-2-9)15(17)18/h1-4H,5-8H2. The number of benzene rings is 1. The summed E-state index contributed by atoms with van der Waals surface area (Å²) in [5.74, 6) is 0.403. The fourth-order valence-corrected chi connectivity index (χ4v) is 2.09. The predicted octanol–water partition coefficient (Wildman–Crippen LogP) is 2.08. The van der Waals surface area contributed by atoms with E-state index in [0.717, 1.165) is 0 Å². The minimum absolute atomic E-state index is 0.0167. The van der Waals surface area contributed by atoms with Gasteiger partial charge in [-0.3, -0.25) is 15.0 Å². The molecule has 0 N–H and O–H groups in total. The van der Waals surface area contributed by atoms with Crippen LogP contribution in [0.2, 0.25) is 0 Å². The van der Waals surface area contributed by atoms with E-state index >= 15 is 0 Å². The van der Waals surface area contributed by atoms with Crippen molar-refractivity contribution in [2.75, 3.05) is 30.4 Å². The molecule has 0 spiro atoms. The number of alkyl halides is 1. The highest BCUT2D eigenvalue weighted by Crippen LogP contribution is 2.23. The molecule has 1 aliphatic heterocycles. The third-order valence-electron chi connectivity index (χ3n) is 2.82. The van der Waals surface area contributed by atoms with Crippen LogP contribution in [0.3, 0.4) is 0 Å². The van der Waals surface area contributed by atoms with Gasteiger partial charge in [-0.1, -0.05) is 0 Å². The molecule has 1 fully saturated rings. The van der Waals surface area contributed by atoms with Crippen LogP contribution in [0.1, 0.15) is 0 Å². The van der Waals surface area contributed by atoms with Gasteiger partial charge < -0.3 is 4.90 Å². The summed E-state index contributed by atoms with van der Waals surface area (Å²) in [5, 5.41) is 10.5. The predicted molar refractivity (Wildman–Crippen MR) is 68.1 cm³/mol. The summed E-state index contributed by atoms with van der Waals surface area (Å²) >= 11 is 5.61. The van der Waals surface area contributed by atoms with Crippen molar-refractivity contribution in [2.45, 2.75) is 0 Å². The van der Waals surface area contributed by atoms with Gasteiger partial charge in [0, 0.05) is 43.3 Å². The lowest BCUT2D eigenvalue weighted by Gasteiger charge is -2.17. The largest absolute Gasteiger partial charge is 0.324 e. The Labute approximate surface area is 109 Å². The van der Waals surface area contributed by atoms with Crippen LogP contribution < -0.4 is 4.90 Å². The Balaban J connectivity index is 2.13. The molecule has 1 aliphatic rings. The van der Waals surface area contributed by atoms with Gasteiger partial charge >= 0.3 is 6.03 Å². The third kappa shape index (κ3) is 2.38. The van der Waals surface area contributed by atoms with Crippen LogP contribution in [0.5, 0.6) is 0 Å². The number of non-ortho nitro benzene ring substituents is 1. The number of urea groups is 1. The molecule has 0 radical (unpaired) electrons. The van der Waals surface area contributed by atoms with Crippen molar-refractivity contribution < 1.29 is 9.72 Å². The van der Waals surface area contributed by atoms with E-state index in [-0.39, 0.29) is 11.7 Å². The van der Waals surface area contributed by atoms with E-state index in [0.29, 0.717) is 31.2 Å². The zero-order chi connectivity index (χ0) is 13.1. The number of hydrogen-bond acceptors (Lipinski definition) is 3. The number of rotatable bonds is 4. The van der Waals surface area contributed by atoms with E-state index in [1.807, 2.05) is 0 Å². The van der Waals surface area contributed by atoms with E-state index in [9.17, 15) is 14.9 Å². The van der Waals surface area contributed by atoms with E-state index in [2.05, 4.69) is 0 Å². The van der Waals surface area contributed by atoms with Crippen molar-refractivity contribution in [1.29, 1.82) is 0 Å². The third-order valence-corrected chi connectivity index (χ3v) is 2.99. The lowest BCUT2D eigenvalue weighted by Crippen LogP contribution is -2.32. The number of nitro benzene ring substituents is 1. The van der Waals surface area contributed by atoms with Gasteiger partial charge in [-0.25, -0.2) is 4.79 Å². The Hall–Kier alpha value is -1.82. The minimum Gasteiger partial charge on any atom is -0.321 e. The minimum atomic E-state index is -0.463. The van der Waals surface area contributed by atoms with E-state index in [1.54, 1.807) is 21.9 Å². The Morgan fingerprint density at radius 3 is 2.50 bits per heavy atom. The summed E-state index contributed by atoms with van der Waals surface area (Å²) in [7, 11) is 0. The van der Waals surface area contributed by atoms with Crippen LogP contribution in [0.15, 0.2) is 24.3 Å². The first-order valence-electron chi connectivity index (χ1n) is 5.50. The smallest absolute Gasteiger partial charge is 0.321 e. The van der Waals surface area contributed by atoms with Gasteiger partial charge in [0.2, 0.25) is 0 Å². The van der Waals surface area contributed by atoms with Crippen LogP contribution in [0.25, 0.3) is 0 Å². The second-order valence-corrected chi connectivity index (χ2v) is 4.26. The van der Waals surface area contributed by atoms with E-state index in [1.165, 1.54) is 12.1 Å². The lowest BCUT2D eigenvalue weighted by molar-refractivity contribution is -0.384. The Morgan fingerprint density at radius 1 is 1.28 bits per heavy atom. The van der Waals surface area contributed by atoms with Gasteiger partial charge in [0.25, 0.3) is 5.69 Å². The molecule has 0 aromatic heterocycles. The Morgan fingerprint density at radius 2 is 1.94 bits per heavy atom. The van der Waals surface area contributed by atoms with Gasteiger partial charge in [-0.15, -0.1) is 11.6 Å². The summed E-state index contributed by atoms with van der Waals surface area (Å²) in [4.78, 5) is 25.3. The van der Waals surface area contributed by atoms with Crippen LogP contribution in [-0.2, 0) is 0 Å². The van der Waals surface area contributed by atoms with Crippen molar-refractivity contribution in [2.24, 2.45) is 0 Å². The van der Waals surface area contributed by atoms with Gasteiger partial charge in [0.1, 0.15) is 0 Å². The maximum absolute atomic E-state index is 12.0. The number of halogens is 1. The number of carbonyl (C=O) groups is 1. The first kappa shape index (κ1) is 12.6. The molecule has 0 atom stereocenters. The highest BCUT2D eigenvalue weighted by molar-refractivity contribution is 6.18. The van der Waals surface area contributed by atoms with Crippen molar-refractivity contribution in [3.05, 3.63) is 34.4 Å². The normalized spacial score (nSPS) is 15.3. The molecule has 1 heterocycles. The zero-order valence-electron chi connectivity index (χ0n) is 9.58. The molecule has 1 aromatic carbocycles. The average molecular weight is 270 g/mol. The lowest BCUT2D eigenvalue weighted by atomic mass is 10.2. The fourth-order valence-electron chi connectivity index (χ4n) is 1.89. The monoisotopic (exact) mass is 269 g/mol. The quantitative estimate of drug-likeness (QED) is 0.477. The Kier molecular flexibility index (Phi) is 3.66. The van der Waals surface area contributed by atoms with Crippen molar-refractivity contribution in [3.8, 4) is 0 Å². The number of nitrogens with zero attached hydrogens (tertiary/aromatic N) is 3. The van der Waals surface area contributed by atoms with Gasteiger partial charge in [-0.2, -0.15) is 0 Å². The molecule has 1 aromatic rings. The first-order chi connectivity index (χ1) is 8.63. The number of carbonyl (C=O) groups excluding carboxylic acids is 1. The molecule has 1 saturated heterocycles. The highest BCUT2D eigenvalue weighted by Gasteiger charge is 2.29. The molecular weight excluding hydrogens is 258 g/mol. The molecule has 0 bridgehead atoms. The van der Waals surface area contributed by atoms with Crippen molar-refractivity contribution >= 4 is 29.0 Å². The maximum Gasteiger partial charge on any atom is 0.324 e. The van der Waals surface area contributed by atoms with E-state index < -0.39 is 4.92 Å². The molecule has 0 unspecified atom stereocenters. The molecular formula is C11H12ClN3O3. The number of hydrogen-bond donors (Lipinski definition) is 0. The topological polar surface area (TPSA) is 66.7 Å². The summed E-state index contributed by atoms with van der Waals surface area (Å²) in [6.45, 7) is 1.72. The first-order valence-corrected chi connectivity index (χ1v) is 6.04. The molecule has 0 aliphatic carbocycles. The van der Waals surface area contributed by atoms with Gasteiger partial charge in [-0.05, 0) is 12.1 Å². The van der Waals surface area contributed by atoms with Crippen LogP contribution in [0, 0.1) is 10.1 Å². The molecule has 7 heteroatoms. The van der Waals surface area contributed by atoms with Gasteiger partial charge in [0.15, 0.2) is 0 Å². The van der Waals surface area contributed by atoms with Crippen molar-refractivity contribution in [3.63, 3.8) is 0 Å². The van der Waals surface area contributed by atoms with Gasteiger partial charge in [0.05, 0.1) is 4.92 Å². The molecule has 18 heavy (non-hydrogen) atoms. The summed E-state index contributed by atoms with van der Waals surface area (Å²) in [6.07, 6.45) is 0. The van der Waals surface area contributed by atoms with Crippen LogP contribution in [-0.4, -0.2) is 41.4 Å². The Bertz CT molecular complexity index is 463. The highest BCUT2D eigenvalue weighted by atomic mass is 35.5. The molecule has 2 rings (SSSR count).